The number of nitrogens with zero attached hydrogens (tertiary/aromatic N) is 2. The third-order valence-electron chi connectivity index (χ3n) is 4.09. The van der Waals surface area contributed by atoms with Crippen molar-refractivity contribution >= 4 is 39.9 Å². The highest BCUT2D eigenvalue weighted by Crippen LogP contribution is 2.46. The minimum atomic E-state index is -0.447. The zero-order valence-corrected chi connectivity index (χ0v) is 13.3. The molecule has 1 atom stereocenters. The average Bonchev–Trinajstić information content (AvgIpc) is 3.18. The van der Waals surface area contributed by atoms with Crippen molar-refractivity contribution in [3.8, 4) is 0 Å². The van der Waals surface area contributed by atoms with Gasteiger partial charge in [0.15, 0.2) is 0 Å². The van der Waals surface area contributed by atoms with Crippen LogP contribution in [0.2, 0.25) is 0 Å². The van der Waals surface area contributed by atoms with Crippen molar-refractivity contribution in [2.24, 2.45) is 0 Å². The Balaban J connectivity index is 1.85. The number of carbonyl (C=O) groups excluding carboxylic acids is 1. The quantitative estimate of drug-likeness (QED) is 0.580. The molecule has 1 fully saturated rings. The lowest BCUT2D eigenvalue weighted by molar-refractivity contribution is -0.384. The highest BCUT2D eigenvalue weighted by atomic mass is 32.2. The highest BCUT2D eigenvalue weighted by Gasteiger charge is 2.38. The number of aromatic nitrogens is 1. The number of carbonyl (C=O) groups is 1. The molecule has 2 heterocycles. The summed E-state index contributed by atoms with van der Waals surface area (Å²) in [6, 6.07) is 14.2. The van der Waals surface area contributed by atoms with Crippen molar-refractivity contribution < 1.29 is 9.72 Å². The van der Waals surface area contributed by atoms with Gasteiger partial charge in [0.1, 0.15) is 11.1 Å². The maximum absolute atomic E-state index is 12.5. The van der Waals surface area contributed by atoms with Gasteiger partial charge in [-0.1, -0.05) is 30.3 Å². The molecule has 1 aliphatic heterocycles. The van der Waals surface area contributed by atoms with E-state index in [1.54, 1.807) is 23.1 Å². The number of H-pyrrole nitrogens is 1. The molecule has 1 amide bonds. The van der Waals surface area contributed by atoms with Crippen molar-refractivity contribution in [2.75, 3.05) is 10.7 Å². The van der Waals surface area contributed by atoms with E-state index >= 15 is 0 Å². The van der Waals surface area contributed by atoms with Crippen LogP contribution < -0.4 is 4.90 Å². The van der Waals surface area contributed by atoms with Gasteiger partial charge in [0.05, 0.1) is 10.7 Å². The molecule has 3 aromatic rings. The van der Waals surface area contributed by atoms with Gasteiger partial charge in [-0.25, -0.2) is 0 Å². The molecule has 1 aromatic heterocycles. The SMILES string of the molecule is O=C1CS[C@H](c2c[nH]c3ccccc23)N1c1ccccc1[N+](=O)[O-]. The number of nitro benzene ring substituents is 1. The van der Waals surface area contributed by atoms with Crippen molar-refractivity contribution in [1.82, 2.24) is 4.98 Å². The van der Waals surface area contributed by atoms with Crippen LogP contribution in [0.4, 0.5) is 11.4 Å². The van der Waals surface area contributed by atoms with Crippen LogP contribution in [0.3, 0.4) is 0 Å². The van der Waals surface area contributed by atoms with Crippen LogP contribution in [0, 0.1) is 10.1 Å². The zero-order valence-electron chi connectivity index (χ0n) is 12.5. The predicted octanol–water partition coefficient (Wildman–Crippen LogP) is 3.85. The number of hydrogen-bond acceptors (Lipinski definition) is 4. The summed E-state index contributed by atoms with van der Waals surface area (Å²) in [6.45, 7) is 0. The molecule has 7 heteroatoms. The molecule has 120 valence electrons. The number of fused-ring (bicyclic) bond motifs is 1. The van der Waals surface area contributed by atoms with E-state index in [-0.39, 0.29) is 17.0 Å². The number of anilines is 1. The summed E-state index contributed by atoms with van der Waals surface area (Å²) in [7, 11) is 0. The molecule has 0 bridgehead atoms. The summed E-state index contributed by atoms with van der Waals surface area (Å²) in [5.74, 6) is 0.181. The molecule has 6 nitrogen and oxygen atoms in total. The molecule has 1 N–H and O–H groups in total. The molecule has 0 radical (unpaired) electrons. The Morgan fingerprint density at radius 1 is 1.17 bits per heavy atom. The van der Waals surface area contributed by atoms with Gasteiger partial charge in [0.25, 0.3) is 5.69 Å². The maximum Gasteiger partial charge on any atom is 0.293 e. The summed E-state index contributed by atoms with van der Waals surface area (Å²) >= 11 is 1.48. The van der Waals surface area contributed by atoms with Crippen LogP contribution in [0.15, 0.2) is 54.7 Å². The van der Waals surface area contributed by atoms with E-state index in [4.69, 9.17) is 0 Å². The number of thioether (sulfide) groups is 1. The van der Waals surface area contributed by atoms with Crippen LogP contribution in [0.5, 0.6) is 0 Å². The lowest BCUT2D eigenvalue weighted by Crippen LogP contribution is -2.28. The minimum absolute atomic E-state index is 0.0572. The Hall–Kier alpha value is -2.80. The Bertz CT molecular complexity index is 953. The number of nitrogens with one attached hydrogen (secondary N) is 1. The lowest BCUT2D eigenvalue weighted by Gasteiger charge is -2.23. The molecule has 4 rings (SSSR count). The van der Waals surface area contributed by atoms with Gasteiger partial charge < -0.3 is 4.98 Å². The fourth-order valence-electron chi connectivity index (χ4n) is 3.04. The Morgan fingerprint density at radius 3 is 2.75 bits per heavy atom. The second-order valence-electron chi connectivity index (χ2n) is 5.46. The maximum atomic E-state index is 12.5. The highest BCUT2D eigenvalue weighted by molar-refractivity contribution is 8.00. The molecule has 0 spiro atoms. The molecule has 0 unspecified atom stereocenters. The minimum Gasteiger partial charge on any atom is -0.361 e. The molecular weight excluding hydrogens is 326 g/mol. The molecule has 24 heavy (non-hydrogen) atoms. The largest absolute Gasteiger partial charge is 0.361 e. The third kappa shape index (κ3) is 2.25. The predicted molar refractivity (Wildman–Crippen MR) is 94.1 cm³/mol. The summed E-state index contributed by atoms with van der Waals surface area (Å²) < 4.78 is 0. The van der Waals surface area contributed by atoms with E-state index in [1.165, 1.54) is 17.8 Å². The van der Waals surface area contributed by atoms with Gasteiger partial charge in [-0.15, -0.1) is 11.8 Å². The number of nitro groups is 1. The van der Waals surface area contributed by atoms with Crippen LogP contribution >= 0.6 is 11.8 Å². The van der Waals surface area contributed by atoms with E-state index in [2.05, 4.69) is 4.98 Å². The number of para-hydroxylation sites is 3. The number of benzene rings is 2. The van der Waals surface area contributed by atoms with Crippen LogP contribution in [0.25, 0.3) is 10.9 Å². The molecule has 0 saturated carbocycles. The molecular formula is C17H13N3O3S. The van der Waals surface area contributed by atoms with E-state index in [0.29, 0.717) is 11.4 Å². The fraction of sp³-hybridized carbons (Fsp3) is 0.118. The summed E-state index contributed by atoms with van der Waals surface area (Å²) in [5.41, 5.74) is 2.22. The Labute approximate surface area is 141 Å². The van der Waals surface area contributed by atoms with E-state index in [1.807, 2.05) is 30.5 Å². The van der Waals surface area contributed by atoms with Crippen molar-refractivity contribution in [3.63, 3.8) is 0 Å². The standard InChI is InChI=1S/C17H13N3O3S/c21-16-10-24-17(12-9-18-13-6-2-1-5-11(12)13)19(16)14-7-3-4-8-15(14)20(22)23/h1-9,17-18H,10H2/t17-/m1/s1. The first kappa shape index (κ1) is 14.8. The van der Waals surface area contributed by atoms with Crippen molar-refractivity contribution in [2.45, 2.75) is 5.37 Å². The van der Waals surface area contributed by atoms with E-state index in [9.17, 15) is 14.9 Å². The first-order valence-corrected chi connectivity index (χ1v) is 8.45. The normalized spacial score (nSPS) is 17.6. The van der Waals surface area contributed by atoms with Gasteiger partial charge in [-0.05, 0) is 12.1 Å². The Morgan fingerprint density at radius 2 is 1.92 bits per heavy atom. The van der Waals surface area contributed by atoms with Gasteiger partial charge in [0, 0.05) is 28.7 Å². The first-order valence-electron chi connectivity index (χ1n) is 7.40. The summed E-state index contributed by atoms with van der Waals surface area (Å²) in [4.78, 5) is 28.1. The van der Waals surface area contributed by atoms with Gasteiger partial charge >= 0.3 is 0 Å². The number of aromatic amines is 1. The zero-order chi connectivity index (χ0) is 16.7. The topological polar surface area (TPSA) is 79.2 Å². The first-order chi connectivity index (χ1) is 11.7. The second-order valence-corrected chi connectivity index (χ2v) is 6.53. The van der Waals surface area contributed by atoms with E-state index < -0.39 is 4.92 Å². The third-order valence-corrected chi connectivity index (χ3v) is 5.29. The van der Waals surface area contributed by atoms with Crippen LogP contribution in [0.1, 0.15) is 10.9 Å². The lowest BCUT2D eigenvalue weighted by atomic mass is 10.1. The van der Waals surface area contributed by atoms with E-state index in [0.717, 1.165) is 16.5 Å². The second kappa shape index (κ2) is 5.68. The molecule has 1 aliphatic rings. The number of rotatable bonds is 3. The molecule has 0 aliphatic carbocycles. The fourth-order valence-corrected chi connectivity index (χ4v) is 4.23. The Kier molecular flexibility index (Phi) is 3.50. The monoisotopic (exact) mass is 339 g/mol. The van der Waals surface area contributed by atoms with Crippen molar-refractivity contribution in [3.05, 3.63) is 70.4 Å². The summed E-state index contributed by atoms with van der Waals surface area (Å²) in [6.07, 6.45) is 1.88. The smallest absolute Gasteiger partial charge is 0.293 e. The molecule has 1 saturated heterocycles. The van der Waals surface area contributed by atoms with Gasteiger partial charge in [0.2, 0.25) is 5.91 Å². The summed E-state index contributed by atoms with van der Waals surface area (Å²) in [5, 5.41) is 12.1. The van der Waals surface area contributed by atoms with Crippen molar-refractivity contribution in [1.29, 1.82) is 0 Å². The number of amides is 1. The van der Waals surface area contributed by atoms with Crippen LogP contribution in [-0.2, 0) is 4.79 Å². The molecule has 2 aromatic carbocycles. The van der Waals surface area contributed by atoms with Crippen LogP contribution in [-0.4, -0.2) is 21.6 Å². The van der Waals surface area contributed by atoms with Gasteiger partial charge in [-0.2, -0.15) is 0 Å². The average molecular weight is 339 g/mol. The number of hydrogen-bond donors (Lipinski definition) is 1. The van der Waals surface area contributed by atoms with Gasteiger partial charge in [-0.3, -0.25) is 19.8 Å².